The number of methoxy groups -OCH3 is 1. The minimum Gasteiger partial charge on any atom is -0.508 e. The van der Waals surface area contributed by atoms with Gasteiger partial charge in [-0.15, -0.1) is 23.2 Å². The quantitative estimate of drug-likeness (QED) is 0.106. The van der Waals surface area contributed by atoms with Crippen molar-refractivity contribution in [2.45, 2.75) is 41.3 Å². The van der Waals surface area contributed by atoms with E-state index in [0.29, 0.717) is 0 Å². The predicted molar refractivity (Wildman–Crippen MR) is 155 cm³/mol. The Morgan fingerprint density at radius 2 is 1.58 bits per heavy atom. The second-order valence-electron chi connectivity index (χ2n) is 11.9. The number of hydrogen-bond donors (Lipinski definition) is 2. The van der Waals surface area contributed by atoms with E-state index in [1.807, 2.05) is 0 Å². The van der Waals surface area contributed by atoms with Crippen molar-refractivity contribution >= 4 is 58.5 Å². The number of aliphatic carboxylic acids is 1. The Hall–Kier alpha value is -4.24. The molecule has 0 aromatic heterocycles. The Kier molecular flexibility index (Phi) is 8.02. The molecule has 0 bridgehead atoms. The number of nitrogens with zero attached hydrogens (tertiary/aromatic N) is 2. The number of alkyl halides is 2. The monoisotopic (exact) mass is 716 g/mol. The van der Waals surface area contributed by atoms with Crippen LogP contribution in [0, 0.1) is 46.8 Å². The van der Waals surface area contributed by atoms with E-state index in [9.17, 15) is 42.3 Å². The Balaban J connectivity index is 1.55. The highest BCUT2D eigenvalue weighted by Gasteiger charge is 2.77. The lowest BCUT2D eigenvalue weighted by Crippen LogP contribution is -2.60. The van der Waals surface area contributed by atoms with Crippen molar-refractivity contribution in [1.29, 1.82) is 0 Å². The highest BCUT2D eigenvalue weighted by atomic mass is 35.5. The molecule has 4 aliphatic rings. The van der Waals surface area contributed by atoms with Crippen LogP contribution in [0.5, 0.6) is 11.5 Å². The Labute approximate surface area is 277 Å². The number of likely N-dealkylation sites (tertiary alicyclic amines) is 1. The Morgan fingerprint density at radius 3 is 2.19 bits per heavy atom. The molecule has 17 heteroatoms. The number of carbonyl (C=O) groups excluding carboxylic acids is 4. The van der Waals surface area contributed by atoms with E-state index in [1.165, 1.54) is 25.3 Å². The maximum Gasteiger partial charge on any atom is 0.303 e. The van der Waals surface area contributed by atoms with Gasteiger partial charge in [0.05, 0.1) is 18.9 Å². The zero-order chi connectivity index (χ0) is 35.2. The molecule has 0 unspecified atom stereocenters. The first-order valence-electron chi connectivity index (χ1n) is 14.4. The third kappa shape index (κ3) is 4.39. The van der Waals surface area contributed by atoms with E-state index in [-0.39, 0.29) is 53.3 Å². The summed E-state index contributed by atoms with van der Waals surface area (Å²) >= 11 is 14.1. The normalized spacial score (nSPS) is 29.5. The van der Waals surface area contributed by atoms with Crippen molar-refractivity contribution in [3.05, 3.63) is 64.5 Å². The first-order valence-corrected chi connectivity index (χ1v) is 15.2. The molecule has 254 valence electrons. The average Bonchev–Trinajstić information content (AvgIpc) is 3.37. The molecule has 2 heterocycles. The molecule has 2 aromatic carbocycles. The van der Waals surface area contributed by atoms with E-state index in [0.717, 1.165) is 11.0 Å². The van der Waals surface area contributed by atoms with Crippen LogP contribution in [0.1, 0.15) is 37.2 Å². The number of imide groups is 2. The summed E-state index contributed by atoms with van der Waals surface area (Å²) in [4.78, 5) is 61.9. The number of benzene rings is 2. The molecule has 4 amide bonds. The maximum atomic E-state index is 15.1. The number of amides is 4. The van der Waals surface area contributed by atoms with Crippen LogP contribution in [0.2, 0.25) is 0 Å². The molecule has 1 saturated carbocycles. The van der Waals surface area contributed by atoms with Crippen molar-refractivity contribution in [2.24, 2.45) is 17.8 Å². The summed E-state index contributed by atoms with van der Waals surface area (Å²) in [5, 5.41) is 19.2. The molecule has 2 aliphatic carbocycles. The van der Waals surface area contributed by atoms with Crippen LogP contribution in [0.25, 0.3) is 0 Å². The zero-order valence-corrected chi connectivity index (χ0v) is 26.1. The number of carboxylic acid groups (broad SMARTS) is 1. The van der Waals surface area contributed by atoms with Crippen molar-refractivity contribution in [3.63, 3.8) is 0 Å². The van der Waals surface area contributed by atoms with Crippen LogP contribution in [0.4, 0.5) is 27.6 Å². The van der Waals surface area contributed by atoms with Gasteiger partial charge in [0.1, 0.15) is 17.2 Å². The summed E-state index contributed by atoms with van der Waals surface area (Å²) < 4.78 is 78.4. The number of anilines is 1. The van der Waals surface area contributed by atoms with Crippen LogP contribution in [-0.4, -0.2) is 68.1 Å². The summed E-state index contributed by atoms with van der Waals surface area (Å²) in [5.41, 5.74) is -1.71. The summed E-state index contributed by atoms with van der Waals surface area (Å²) in [7, 11) is 1.19. The number of carboxylic acids is 1. The van der Waals surface area contributed by atoms with Gasteiger partial charge in [0.25, 0.3) is 11.8 Å². The number of halogens is 7. The number of carbonyl (C=O) groups is 5. The third-order valence-electron chi connectivity index (χ3n) is 9.61. The van der Waals surface area contributed by atoms with Crippen LogP contribution < -0.4 is 9.64 Å². The van der Waals surface area contributed by atoms with Gasteiger partial charge < -0.3 is 14.9 Å². The first kappa shape index (κ1) is 33.7. The van der Waals surface area contributed by atoms with Gasteiger partial charge in [-0.3, -0.25) is 28.9 Å². The van der Waals surface area contributed by atoms with Gasteiger partial charge in [0.15, 0.2) is 33.0 Å². The molecule has 6 rings (SSSR count). The van der Waals surface area contributed by atoms with E-state index < -0.39 is 104 Å². The van der Waals surface area contributed by atoms with E-state index in [2.05, 4.69) is 0 Å². The van der Waals surface area contributed by atoms with Crippen LogP contribution in [0.15, 0.2) is 29.8 Å². The van der Waals surface area contributed by atoms with Gasteiger partial charge >= 0.3 is 5.97 Å². The lowest BCUT2D eigenvalue weighted by Gasteiger charge is -2.50. The fourth-order valence-corrected chi connectivity index (χ4v) is 8.45. The van der Waals surface area contributed by atoms with Gasteiger partial charge in [-0.1, -0.05) is 17.7 Å². The molecule has 2 aliphatic heterocycles. The van der Waals surface area contributed by atoms with Crippen molar-refractivity contribution < 1.29 is 60.9 Å². The molecular weight excluding hydrogens is 694 g/mol. The standard InChI is InChI=1S/C31H23Cl2F5N2O8/c1-48-16-9-11(41)4-5-13(16)19-12-6-7-14-18(27(45)39(26(14)44)8-2-3-17(42)43)15(12)10-30(32)28(46)40(29(47)31(19,30)33)25-23(37)21(35)20(34)22(36)24(25)38/h4-6,9,14-15,18-19,41H,2-3,7-8,10H2,1H3,(H,42,43)/t14-,15+,18-,19+,30+,31-/m0/s1. The molecule has 10 nitrogen and oxygen atoms in total. The second kappa shape index (κ2) is 11.4. The minimum atomic E-state index is -2.75. The number of rotatable bonds is 7. The Morgan fingerprint density at radius 1 is 0.958 bits per heavy atom. The second-order valence-corrected chi connectivity index (χ2v) is 13.2. The third-order valence-corrected chi connectivity index (χ3v) is 11.0. The number of allylic oxidation sites excluding steroid dienone is 2. The average molecular weight is 717 g/mol. The number of phenols is 1. The molecule has 2 saturated heterocycles. The van der Waals surface area contributed by atoms with Crippen molar-refractivity contribution in [2.75, 3.05) is 18.6 Å². The van der Waals surface area contributed by atoms with Gasteiger partial charge in [0, 0.05) is 30.5 Å². The van der Waals surface area contributed by atoms with Crippen molar-refractivity contribution in [1.82, 2.24) is 4.90 Å². The van der Waals surface area contributed by atoms with Gasteiger partial charge in [-0.25, -0.2) is 26.9 Å². The van der Waals surface area contributed by atoms with Crippen LogP contribution in [0.3, 0.4) is 0 Å². The van der Waals surface area contributed by atoms with Crippen LogP contribution >= 0.6 is 23.2 Å². The fraction of sp³-hybridized carbons (Fsp3) is 0.387. The summed E-state index contributed by atoms with van der Waals surface area (Å²) in [6.45, 7) is -0.231. The molecule has 3 fully saturated rings. The zero-order valence-electron chi connectivity index (χ0n) is 24.5. The molecule has 2 aromatic rings. The molecular formula is C31H23Cl2F5N2O8. The van der Waals surface area contributed by atoms with E-state index >= 15 is 8.78 Å². The van der Waals surface area contributed by atoms with Crippen molar-refractivity contribution in [3.8, 4) is 11.5 Å². The fourth-order valence-electron chi connectivity index (χ4n) is 7.52. The number of aromatic hydroxyl groups is 1. The molecule has 0 spiro atoms. The molecule has 2 N–H and O–H groups in total. The number of fused-ring (bicyclic) bond motifs is 4. The highest BCUT2D eigenvalue weighted by Crippen LogP contribution is 2.66. The maximum absolute atomic E-state index is 15.1. The Bertz CT molecular complexity index is 1850. The van der Waals surface area contributed by atoms with Gasteiger partial charge in [0.2, 0.25) is 17.6 Å². The van der Waals surface area contributed by atoms with Gasteiger partial charge in [-0.05, 0) is 31.2 Å². The predicted octanol–water partition coefficient (Wildman–Crippen LogP) is 4.52. The lowest BCUT2D eigenvalue weighted by molar-refractivity contribution is -0.142. The SMILES string of the molecule is COc1cc(O)ccc1[C@H]1C2=CC[C@@H]3C(=O)N(CCCC(=O)O)C(=O)[C@@H]3[C@@H]2C[C@@]2(Cl)C(=O)N(c3c(F)c(F)c(F)c(F)c3F)C(=O)[C@@]12Cl. The molecule has 6 atom stereocenters. The molecule has 0 radical (unpaired) electrons. The largest absolute Gasteiger partial charge is 0.508 e. The highest BCUT2D eigenvalue weighted by molar-refractivity contribution is 6.58. The lowest BCUT2D eigenvalue weighted by atomic mass is 9.56. The van der Waals surface area contributed by atoms with Crippen LogP contribution in [-0.2, 0) is 24.0 Å². The summed E-state index contributed by atoms with van der Waals surface area (Å²) in [5.74, 6) is -23.6. The van der Waals surface area contributed by atoms with E-state index in [4.69, 9.17) is 33.0 Å². The summed E-state index contributed by atoms with van der Waals surface area (Å²) in [6, 6.07) is 3.55. The smallest absolute Gasteiger partial charge is 0.303 e. The number of hydrogen-bond acceptors (Lipinski definition) is 7. The van der Waals surface area contributed by atoms with Gasteiger partial charge in [-0.2, -0.15) is 0 Å². The summed E-state index contributed by atoms with van der Waals surface area (Å²) in [6.07, 6.45) is 0.331. The minimum absolute atomic E-state index is 0.000206. The molecule has 48 heavy (non-hydrogen) atoms. The number of ether oxygens (including phenoxy) is 1. The first-order chi connectivity index (χ1) is 22.5. The number of phenolic OH excluding ortho intramolecular Hbond substituents is 1. The van der Waals surface area contributed by atoms with E-state index in [1.54, 1.807) is 0 Å². The topological polar surface area (TPSA) is 142 Å².